The van der Waals surface area contributed by atoms with Gasteiger partial charge in [-0.05, 0) is 31.1 Å². The maximum atomic E-state index is 12.6. The van der Waals surface area contributed by atoms with Crippen molar-refractivity contribution in [3.8, 4) is 0 Å². The Balaban J connectivity index is 1.68. The van der Waals surface area contributed by atoms with Crippen molar-refractivity contribution in [1.82, 2.24) is 14.5 Å². The third kappa shape index (κ3) is 3.65. The molecular formula is C18H27N3O2. The van der Waals surface area contributed by atoms with Crippen molar-refractivity contribution in [3.63, 3.8) is 0 Å². The summed E-state index contributed by atoms with van der Waals surface area (Å²) in [5.41, 5.74) is 1.68. The summed E-state index contributed by atoms with van der Waals surface area (Å²) < 4.78 is 1.78. The molecule has 2 aliphatic rings. The van der Waals surface area contributed by atoms with Crippen LogP contribution in [0.3, 0.4) is 0 Å². The van der Waals surface area contributed by atoms with Gasteiger partial charge in [0.2, 0.25) is 5.91 Å². The molecule has 1 aliphatic carbocycles. The molecule has 0 aromatic carbocycles. The number of aryl methyl sites for hydroxylation is 1. The van der Waals surface area contributed by atoms with Crippen LogP contribution in [0.15, 0.2) is 11.1 Å². The molecule has 1 saturated carbocycles. The number of carbonyl (C=O) groups excluding carboxylic acids is 1. The average molecular weight is 317 g/mol. The Morgan fingerprint density at radius 1 is 1.39 bits per heavy atom. The average Bonchev–Trinajstić information content (AvgIpc) is 2.54. The fourth-order valence-electron chi connectivity index (χ4n) is 4.03. The van der Waals surface area contributed by atoms with Crippen molar-refractivity contribution in [1.29, 1.82) is 0 Å². The van der Waals surface area contributed by atoms with E-state index in [0.717, 1.165) is 36.1 Å². The van der Waals surface area contributed by atoms with E-state index in [1.807, 2.05) is 0 Å². The third-order valence-electron chi connectivity index (χ3n) is 5.46. The molecule has 0 bridgehead atoms. The minimum absolute atomic E-state index is 0.0491. The highest BCUT2D eigenvalue weighted by atomic mass is 16.2. The third-order valence-corrected chi connectivity index (χ3v) is 5.46. The highest BCUT2D eigenvalue weighted by Gasteiger charge is 2.23. The highest BCUT2D eigenvalue weighted by Crippen LogP contribution is 2.30. The van der Waals surface area contributed by atoms with Crippen molar-refractivity contribution in [2.24, 2.45) is 11.8 Å². The van der Waals surface area contributed by atoms with E-state index >= 15 is 0 Å². The molecule has 1 aromatic rings. The van der Waals surface area contributed by atoms with Gasteiger partial charge in [-0.3, -0.25) is 14.2 Å². The molecule has 2 heterocycles. The first-order valence-corrected chi connectivity index (χ1v) is 8.87. The molecule has 0 N–H and O–H groups in total. The van der Waals surface area contributed by atoms with Gasteiger partial charge in [0.1, 0.15) is 0 Å². The normalized spacial score (nSPS) is 24.3. The summed E-state index contributed by atoms with van der Waals surface area (Å²) in [6.45, 7) is 5.77. The molecular weight excluding hydrogens is 290 g/mol. The molecule has 3 rings (SSSR count). The Bertz CT molecular complexity index is 638. The maximum absolute atomic E-state index is 12.6. The fourth-order valence-corrected chi connectivity index (χ4v) is 4.03. The van der Waals surface area contributed by atoms with Crippen LogP contribution in [-0.2, 0) is 24.3 Å². The van der Waals surface area contributed by atoms with Crippen molar-refractivity contribution in [3.05, 3.63) is 27.9 Å². The summed E-state index contributed by atoms with van der Waals surface area (Å²) in [5.74, 6) is 1.62. The largest absolute Gasteiger partial charge is 0.337 e. The van der Waals surface area contributed by atoms with Gasteiger partial charge in [0.25, 0.3) is 5.56 Å². The van der Waals surface area contributed by atoms with E-state index in [2.05, 4.69) is 11.9 Å². The highest BCUT2D eigenvalue weighted by molar-refractivity contribution is 5.73. The second-order valence-electron chi connectivity index (χ2n) is 7.29. The Hall–Kier alpha value is -1.65. The van der Waals surface area contributed by atoms with E-state index in [0.29, 0.717) is 19.5 Å². The smallest absolute Gasteiger partial charge is 0.256 e. The van der Waals surface area contributed by atoms with Crippen molar-refractivity contribution in [2.75, 3.05) is 6.54 Å². The van der Waals surface area contributed by atoms with Crippen LogP contribution in [-0.4, -0.2) is 26.9 Å². The molecule has 126 valence electrons. The van der Waals surface area contributed by atoms with Crippen LogP contribution in [0.4, 0.5) is 0 Å². The molecule has 0 radical (unpaired) electrons. The van der Waals surface area contributed by atoms with Gasteiger partial charge < -0.3 is 4.90 Å². The van der Waals surface area contributed by atoms with Gasteiger partial charge in [-0.15, -0.1) is 0 Å². The first-order chi connectivity index (χ1) is 11.0. The summed E-state index contributed by atoms with van der Waals surface area (Å²) in [6, 6.07) is 0. The Kier molecular flexibility index (Phi) is 4.83. The summed E-state index contributed by atoms with van der Waals surface area (Å²) in [6.07, 6.45) is 8.64. The summed E-state index contributed by atoms with van der Waals surface area (Å²) in [4.78, 5) is 30.3. The predicted molar refractivity (Wildman–Crippen MR) is 89.0 cm³/mol. The number of nitrogens with zero attached hydrogens (tertiary/aromatic N) is 3. The van der Waals surface area contributed by atoms with Gasteiger partial charge in [-0.2, -0.15) is 0 Å². The van der Waals surface area contributed by atoms with Gasteiger partial charge in [-0.25, -0.2) is 4.98 Å². The molecule has 1 aliphatic heterocycles. The number of rotatable bonds is 3. The van der Waals surface area contributed by atoms with Crippen LogP contribution >= 0.6 is 0 Å². The summed E-state index contributed by atoms with van der Waals surface area (Å²) >= 11 is 0. The zero-order chi connectivity index (χ0) is 16.4. The molecule has 0 saturated heterocycles. The number of carbonyl (C=O) groups is 1. The Labute approximate surface area is 137 Å². The van der Waals surface area contributed by atoms with Crippen LogP contribution in [0.1, 0.15) is 57.2 Å². The monoisotopic (exact) mass is 317 g/mol. The van der Waals surface area contributed by atoms with E-state index < -0.39 is 0 Å². The zero-order valence-corrected chi connectivity index (χ0v) is 14.3. The number of aromatic nitrogens is 2. The zero-order valence-electron chi connectivity index (χ0n) is 14.3. The maximum Gasteiger partial charge on any atom is 0.256 e. The van der Waals surface area contributed by atoms with E-state index in [-0.39, 0.29) is 11.5 Å². The van der Waals surface area contributed by atoms with Crippen LogP contribution in [0.5, 0.6) is 0 Å². The van der Waals surface area contributed by atoms with Gasteiger partial charge >= 0.3 is 0 Å². The number of hydrogen-bond donors (Lipinski definition) is 0. The van der Waals surface area contributed by atoms with Crippen molar-refractivity contribution >= 4 is 5.91 Å². The van der Waals surface area contributed by atoms with E-state index in [1.54, 1.807) is 22.7 Å². The van der Waals surface area contributed by atoms with Crippen LogP contribution in [0.25, 0.3) is 0 Å². The van der Waals surface area contributed by atoms with Gasteiger partial charge in [0.05, 0.1) is 18.6 Å². The lowest BCUT2D eigenvalue weighted by molar-refractivity contribution is -0.129. The molecule has 1 aromatic heterocycles. The van der Waals surface area contributed by atoms with Crippen LogP contribution in [0.2, 0.25) is 0 Å². The van der Waals surface area contributed by atoms with Crippen molar-refractivity contribution in [2.45, 2.75) is 65.5 Å². The first-order valence-electron chi connectivity index (χ1n) is 8.87. The molecule has 1 amide bonds. The molecule has 1 fully saturated rings. The topological polar surface area (TPSA) is 55.2 Å². The minimum Gasteiger partial charge on any atom is -0.337 e. The minimum atomic E-state index is 0.0491. The number of fused-ring (bicyclic) bond motifs is 1. The lowest BCUT2D eigenvalue weighted by atomic mass is 9.81. The number of hydrogen-bond acceptors (Lipinski definition) is 3. The molecule has 2 unspecified atom stereocenters. The Morgan fingerprint density at radius 3 is 2.96 bits per heavy atom. The number of amides is 1. The summed E-state index contributed by atoms with van der Waals surface area (Å²) in [5, 5.41) is 0. The van der Waals surface area contributed by atoms with Gasteiger partial charge in [0.15, 0.2) is 0 Å². The molecule has 2 atom stereocenters. The van der Waals surface area contributed by atoms with E-state index in [4.69, 9.17) is 0 Å². The molecule has 5 heteroatoms. The van der Waals surface area contributed by atoms with Crippen LogP contribution in [0, 0.1) is 11.8 Å². The second-order valence-corrected chi connectivity index (χ2v) is 7.29. The molecule has 0 spiro atoms. The van der Waals surface area contributed by atoms with E-state index in [9.17, 15) is 9.59 Å². The summed E-state index contributed by atoms with van der Waals surface area (Å²) in [7, 11) is 0. The van der Waals surface area contributed by atoms with Gasteiger partial charge in [0, 0.05) is 25.6 Å². The lowest BCUT2D eigenvalue weighted by Gasteiger charge is -2.28. The van der Waals surface area contributed by atoms with Gasteiger partial charge in [-0.1, -0.05) is 26.2 Å². The molecule has 23 heavy (non-hydrogen) atoms. The quantitative estimate of drug-likeness (QED) is 0.860. The van der Waals surface area contributed by atoms with Crippen LogP contribution < -0.4 is 5.56 Å². The standard InChI is InChI=1S/C18H27N3O2/c1-13-4-3-5-15(10-13)6-8-21-12-19-17-11-20(14(2)22)9-7-16(17)18(21)23/h12-13,15H,3-11H2,1-2H3. The Morgan fingerprint density at radius 2 is 2.22 bits per heavy atom. The molecule has 5 nitrogen and oxygen atoms in total. The SMILES string of the molecule is CC(=O)N1CCc2c(ncn(CCC3CCCC(C)C3)c2=O)C1. The predicted octanol–water partition coefficient (Wildman–Crippen LogP) is 2.36. The first kappa shape index (κ1) is 16.2. The van der Waals surface area contributed by atoms with E-state index in [1.165, 1.54) is 25.7 Å². The second kappa shape index (κ2) is 6.85. The van der Waals surface area contributed by atoms with Crippen molar-refractivity contribution < 1.29 is 4.79 Å². The fraction of sp³-hybridized carbons (Fsp3) is 0.722. The lowest BCUT2D eigenvalue weighted by Crippen LogP contribution is -2.39.